The van der Waals surface area contributed by atoms with Crippen LogP contribution in [0.2, 0.25) is 0 Å². The number of benzene rings is 1. The van der Waals surface area contributed by atoms with E-state index in [1.54, 1.807) is 12.1 Å². The Kier molecular flexibility index (Phi) is 5.03. The van der Waals surface area contributed by atoms with Crippen molar-refractivity contribution in [2.24, 2.45) is 0 Å². The number of rotatable bonds is 5. The Morgan fingerprint density at radius 2 is 2.30 bits per heavy atom. The highest BCUT2D eigenvalue weighted by atomic mass is 19.3. The van der Waals surface area contributed by atoms with Gasteiger partial charge in [0.1, 0.15) is 0 Å². The highest BCUT2D eigenvalue weighted by Crippen LogP contribution is 2.20. The number of carboxylic acids is 1. The number of alkyl halides is 2. The summed E-state index contributed by atoms with van der Waals surface area (Å²) >= 11 is 0. The van der Waals surface area contributed by atoms with Crippen molar-refractivity contribution in [2.45, 2.75) is 25.5 Å². The molecule has 1 heterocycles. The molecule has 0 amide bonds. The molecule has 1 aromatic rings. The summed E-state index contributed by atoms with van der Waals surface area (Å²) in [6, 6.07) is 6.31. The smallest absolute Gasteiger partial charge is 0.306 e. The predicted molar refractivity (Wildman–Crippen MR) is 68.7 cm³/mol. The molecule has 1 aliphatic heterocycles. The van der Waals surface area contributed by atoms with Crippen molar-refractivity contribution in [3.05, 3.63) is 35.4 Å². The quantitative estimate of drug-likeness (QED) is 0.902. The van der Waals surface area contributed by atoms with Crippen molar-refractivity contribution >= 4 is 5.97 Å². The first-order chi connectivity index (χ1) is 9.54. The van der Waals surface area contributed by atoms with Gasteiger partial charge in [-0.3, -0.25) is 9.69 Å². The van der Waals surface area contributed by atoms with Crippen molar-refractivity contribution in [3.8, 4) is 0 Å². The van der Waals surface area contributed by atoms with E-state index in [-0.39, 0.29) is 18.1 Å². The van der Waals surface area contributed by atoms with Crippen LogP contribution < -0.4 is 0 Å². The van der Waals surface area contributed by atoms with Gasteiger partial charge in [0.25, 0.3) is 6.43 Å². The van der Waals surface area contributed by atoms with Gasteiger partial charge in [0.05, 0.1) is 19.1 Å². The van der Waals surface area contributed by atoms with Crippen molar-refractivity contribution in [2.75, 3.05) is 19.7 Å². The lowest BCUT2D eigenvalue weighted by atomic mass is 10.1. The molecular formula is C14H17F2NO3. The van der Waals surface area contributed by atoms with Gasteiger partial charge < -0.3 is 9.84 Å². The van der Waals surface area contributed by atoms with E-state index in [2.05, 4.69) is 0 Å². The molecule has 0 bridgehead atoms. The van der Waals surface area contributed by atoms with Crippen molar-refractivity contribution in [3.63, 3.8) is 0 Å². The second kappa shape index (κ2) is 6.76. The van der Waals surface area contributed by atoms with Crippen LogP contribution in [0.1, 0.15) is 24.0 Å². The van der Waals surface area contributed by atoms with Gasteiger partial charge in [0.15, 0.2) is 0 Å². The number of hydrogen-bond acceptors (Lipinski definition) is 3. The number of aliphatic carboxylic acids is 1. The molecule has 0 aromatic heterocycles. The fourth-order valence-corrected chi connectivity index (χ4v) is 2.33. The number of ether oxygens (including phenoxy) is 1. The average molecular weight is 285 g/mol. The molecule has 1 aromatic carbocycles. The van der Waals surface area contributed by atoms with E-state index in [9.17, 15) is 13.6 Å². The lowest BCUT2D eigenvalue weighted by molar-refractivity contribution is -0.142. The summed E-state index contributed by atoms with van der Waals surface area (Å²) in [7, 11) is 0. The van der Waals surface area contributed by atoms with Crippen LogP contribution in [0.4, 0.5) is 8.78 Å². The lowest BCUT2D eigenvalue weighted by Gasteiger charge is -2.32. The van der Waals surface area contributed by atoms with E-state index >= 15 is 0 Å². The highest BCUT2D eigenvalue weighted by molar-refractivity contribution is 5.67. The summed E-state index contributed by atoms with van der Waals surface area (Å²) < 4.78 is 30.6. The normalized spacial score (nSPS) is 20.2. The van der Waals surface area contributed by atoms with E-state index in [0.717, 1.165) is 5.56 Å². The van der Waals surface area contributed by atoms with Crippen LogP contribution in [0.3, 0.4) is 0 Å². The highest BCUT2D eigenvalue weighted by Gasteiger charge is 2.22. The third-order valence-corrected chi connectivity index (χ3v) is 3.23. The zero-order chi connectivity index (χ0) is 14.5. The number of nitrogens with zero attached hydrogens (tertiary/aromatic N) is 1. The molecule has 110 valence electrons. The number of hydrogen-bond donors (Lipinski definition) is 1. The second-order valence-electron chi connectivity index (χ2n) is 4.87. The number of morpholine rings is 1. The maximum atomic E-state index is 12.6. The number of carbonyl (C=O) groups is 1. The largest absolute Gasteiger partial charge is 0.481 e. The molecule has 0 spiro atoms. The summed E-state index contributed by atoms with van der Waals surface area (Å²) in [6.07, 6.45) is -2.84. The van der Waals surface area contributed by atoms with Crippen molar-refractivity contribution < 1.29 is 23.4 Å². The molecule has 4 nitrogen and oxygen atoms in total. The molecule has 1 N–H and O–H groups in total. The van der Waals surface area contributed by atoms with Gasteiger partial charge in [0, 0.05) is 25.2 Å². The van der Waals surface area contributed by atoms with Crippen LogP contribution in [0, 0.1) is 0 Å². The van der Waals surface area contributed by atoms with Crippen molar-refractivity contribution in [1.29, 1.82) is 0 Å². The summed E-state index contributed by atoms with van der Waals surface area (Å²) in [6.45, 7) is 2.17. The summed E-state index contributed by atoms with van der Waals surface area (Å²) in [4.78, 5) is 12.7. The zero-order valence-corrected chi connectivity index (χ0v) is 11.0. The van der Waals surface area contributed by atoms with Gasteiger partial charge in [-0.1, -0.05) is 18.2 Å². The summed E-state index contributed by atoms with van der Waals surface area (Å²) in [5, 5.41) is 8.76. The molecule has 1 unspecified atom stereocenters. The van der Waals surface area contributed by atoms with Crippen molar-refractivity contribution in [1.82, 2.24) is 4.90 Å². The third-order valence-electron chi connectivity index (χ3n) is 3.23. The first-order valence-corrected chi connectivity index (χ1v) is 6.47. The average Bonchev–Trinajstić information content (AvgIpc) is 2.38. The topological polar surface area (TPSA) is 49.8 Å². The van der Waals surface area contributed by atoms with E-state index in [1.807, 2.05) is 4.90 Å². The summed E-state index contributed by atoms with van der Waals surface area (Å²) in [5.41, 5.74) is 0.816. The third kappa shape index (κ3) is 4.25. The van der Waals surface area contributed by atoms with Gasteiger partial charge in [-0.2, -0.15) is 0 Å². The molecular weight excluding hydrogens is 268 g/mol. The van der Waals surface area contributed by atoms with E-state index in [4.69, 9.17) is 9.84 Å². The van der Waals surface area contributed by atoms with Gasteiger partial charge >= 0.3 is 5.97 Å². The van der Waals surface area contributed by atoms with Gasteiger partial charge in [-0.25, -0.2) is 8.78 Å². The van der Waals surface area contributed by atoms with Crippen LogP contribution in [-0.4, -0.2) is 41.8 Å². The Balaban J connectivity index is 1.95. The minimum Gasteiger partial charge on any atom is -0.481 e. The molecule has 1 aliphatic rings. The molecule has 6 heteroatoms. The van der Waals surface area contributed by atoms with Gasteiger partial charge in [-0.15, -0.1) is 0 Å². The van der Waals surface area contributed by atoms with E-state index in [0.29, 0.717) is 26.2 Å². The molecule has 1 saturated heterocycles. The molecule has 1 atom stereocenters. The Labute approximate surface area is 116 Å². The van der Waals surface area contributed by atoms with Crippen LogP contribution >= 0.6 is 0 Å². The zero-order valence-electron chi connectivity index (χ0n) is 11.0. The Morgan fingerprint density at radius 1 is 1.50 bits per heavy atom. The molecule has 1 fully saturated rings. The Morgan fingerprint density at radius 3 is 3.00 bits per heavy atom. The first-order valence-electron chi connectivity index (χ1n) is 6.47. The van der Waals surface area contributed by atoms with Crippen LogP contribution in [0.5, 0.6) is 0 Å². The fourth-order valence-electron chi connectivity index (χ4n) is 2.33. The van der Waals surface area contributed by atoms with Crippen LogP contribution in [0.25, 0.3) is 0 Å². The minimum atomic E-state index is -2.47. The standard InChI is InChI=1S/C14H17F2NO3/c15-14(16)11-3-1-2-10(6-11)8-17-4-5-20-12(9-17)7-13(18)19/h1-3,6,12,14H,4-5,7-9H2,(H,18,19). The number of carboxylic acid groups (broad SMARTS) is 1. The maximum absolute atomic E-state index is 12.6. The lowest BCUT2D eigenvalue weighted by Crippen LogP contribution is -2.42. The predicted octanol–water partition coefficient (Wildman–Crippen LogP) is 2.30. The van der Waals surface area contributed by atoms with E-state index in [1.165, 1.54) is 12.1 Å². The number of halogens is 2. The van der Waals surface area contributed by atoms with Gasteiger partial charge in [0.2, 0.25) is 0 Å². The SMILES string of the molecule is O=C(O)CC1CN(Cc2cccc(C(F)F)c2)CCO1. The van der Waals surface area contributed by atoms with Crippen LogP contribution in [-0.2, 0) is 16.1 Å². The monoisotopic (exact) mass is 285 g/mol. The van der Waals surface area contributed by atoms with E-state index < -0.39 is 12.4 Å². The first kappa shape index (κ1) is 14.9. The molecule has 0 aliphatic carbocycles. The Bertz CT molecular complexity index is 467. The Hall–Kier alpha value is -1.53. The molecule has 0 saturated carbocycles. The molecule has 2 rings (SSSR count). The molecule has 20 heavy (non-hydrogen) atoms. The fraction of sp³-hybridized carbons (Fsp3) is 0.500. The second-order valence-corrected chi connectivity index (χ2v) is 4.87. The summed E-state index contributed by atoms with van der Waals surface area (Å²) in [5.74, 6) is -0.892. The minimum absolute atomic E-state index is 0.0119. The molecule has 0 radical (unpaired) electrons. The van der Waals surface area contributed by atoms with Crippen LogP contribution in [0.15, 0.2) is 24.3 Å². The maximum Gasteiger partial charge on any atom is 0.306 e. The van der Waals surface area contributed by atoms with Gasteiger partial charge in [-0.05, 0) is 11.6 Å².